The predicted molar refractivity (Wildman–Crippen MR) is 411 cm³/mol. The normalized spacial score (nSPS) is 22.0. The number of rotatable bonds is 73. The molecule has 14 heteroatoms. The molecule has 2 aliphatic rings. The Hall–Kier alpha value is -1.79. The third kappa shape index (κ3) is 51.9. The number of allylic oxidation sites excluding steroid dienone is 6. The lowest BCUT2D eigenvalue weighted by Crippen LogP contribution is -2.65. The molecule has 0 aromatic carbocycles. The number of hydrogen-bond acceptors (Lipinski definition) is 13. The fraction of sp³-hybridized carbons (Fsp3) is 0.918. The molecule has 14 nitrogen and oxygen atoms in total. The van der Waals surface area contributed by atoms with Gasteiger partial charge >= 0.3 is 0 Å². The van der Waals surface area contributed by atoms with E-state index < -0.39 is 86.8 Å². The molecule has 2 saturated heterocycles. The summed E-state index contributed by atoms with van der Waals surface area (Å²) in [6, 6.07) is -0.829. The number of aliphatic hydroxyl groups excluding tert-OH is 8. The number of aliphatic hydroxyl groups is 8. The molecule has 9 N–H and O–H groups in total. The second-order valence-electron chi connectivity index (χ2n) is 30.3. The maximum atomic E-state index is 13.4. The van der Waals surface area contributed by atoms with Gasteiger partial charge in [0.1, 0.15) is 48.8 Å². The molecule has 584 valence electrons. The van der Waals surface area contributed by atoms with Gasteiger partial charge in [-0.25, -0.2) is 0 Å². The van der Waals surface area contributed by atoms with Gasteiger partial charge in [-0.2, -0.15) is 0 Å². The van der Waals surface area contributed by atoms with E-state index in [0.717, 1.165) is 64.2 Å². The molecule has 2 rings (SSSR count). The Balaban J connectivity index is 1.56. The van der Waals surface area contributed by atoms with Crippen LogP contribution in [0.4, 0.5) is 0 Å². The third-order valence-electron chi connectivity index (χ3n) is 21.1. The monoisotopic (exact) mass is 1400 g/mol. The highest BCUT2D eigenvalue weighted by Crippen LogP contribution is 2.31. The highest BCUT2D eigenvalue weighted by atomic mass is 16.7. The summed E-state index contributed by atoms with van der Waals surface area (Å²) in [5.74, 6) is -0.197. The van der Waals surface area contributed by atoms with E-state index in [4.69, 9.17) is 18.9 Å². The molecule has 0 bridgehead atoms. The topological polar surface area (TPSA) is 228 Å². The lowest BCUT2D eigenvalue weighted by Gasteiger charge is -2.46. The van der Waals surface area contributed by atoms with Crippen LogP contribution in [0.15, 0.2) is 36.5 Å². The predicted octanol–water partition coefficient (Wildman–Crippen LogP) is 20.0. The first-order valence-corrected chi connectivity index (χ1v) is 42.7. The van der Waals surface area contributed by atoms with Crippen molar-refractivity contribution >= 4 is 5.91 Å². The molecule has 12 atom stereocenters. The smallest absolute Gasteiger partial charge is 0.220 e. The van der Waals surface area contributed by atoms with E-state index in [-0.39, 0.29) is 12.5 Å². The molecule has 12 unspecified atom stereocenters. The molecule has 99 heavy (non-hydrogen) atoms. The summed E-state index contributed by atoms with van der Waals surface area (Å²) < 4.78 is 23.0. The summed E-state index contributed by atoms with van der Waals surface area (Å²) in [5.41, 5.74) is 0. The van der Waals surface area contributed by atoms with Crippen LogP contribution in [0.25, 0.3) is 0 Å². The number of hydrogen-bond donors (Lipinski definition) is 9. The van der Waals surface area contributed by atoms with Crippen LogP contribution in [0.2, 0.25) is 0 Å². The van der Waals surface area contributed by atoms with E-state index >= 15 is 0 Å². The largest absolute Gasteiger partial charge is 0.394 e. The van der Waals surface area contributed by atoms with Crippen LogP contribution in [0.5, 0.6) is 0 Å². The first-order chi connectivity index (χ1) is 48.6. The summed E-state index contributed by atoms with van der Waals surface area (Å²) in [7, 11) is 0. The Morgan fingerprint density at radius 1 is 0.364 bits per heavy atom. The Kier molecular flexibility index (Phi) is 65.3. The second kappa shape index (κ2) is 69.3. The summed E-state index contributed by atoms with van der Waals surface area (Å²) >= 11 is 0. The van der Waals surface area contributed by atoms with Crippen LogP contribution >= 0.6 is 0 Å². The van der Waals surface area contributed by atoms with Crippen molar-refractivity contribution in [1.82, 2.24) is 5.32 Å². The first-order valence-electron chi connectivity index (χ1n) is 42.7. The molecule has 0 aliphatic carbocycles. The Morgan fingerprint density at radius 3 is 1.02 bits per heavy atom. The van der Waals surface area contributed by atoms with Crippen LogP contribution < -0.4 is 5.32 Å². The number of unbranched alkanes of at least 4 members (excludes halogenated alkanes) is 54. The molecule has 2 aliphatic heterocycles. The van der Waals surface area contributed by atoms with Crippen molar-refractivity contribution in [1.29, 1.82) is 0 Å². The highest BCUT2D eigenvalue weighted by Gasteiger charge is 2.51. The number of carbonyl (C=O) groups is 1. The van der Waals surface area contributed by atoms with Gasteiger partial charge in [-0.1, -0.05) is 384 Å². The third-order valence-corrected chi connectivity index (χ3v) is 21.1. The van der Waals surface area contributed by atoms with Crippen molar-refractivity contribution in [3.63, 3.8) is 0 Å². The van der Waals surface area contributed by atoms with Gasteiger partial charge in [0, 0.05) is 6.42 Å². The van der Waals surface area contributed by atoms with Gasteiger partial charge in [0.15, 0.2) is 12.6 Å². The van der Waals surface area contributed by atoms with Crippen LogP contribution in [0.1, 0.15) is 406 Å². The van der Waals surface area contributed by atoms with Gasteiger partial charge in [0.25, 0.3) is 0 Å². The second-order valence-corrected chi connectivity index (χ2v) is 30.3. The number of amides is 1. The molecule has 0 radical (unpaired) electrons. The van der Waals surface area contributed by atoms with Crippen molar-refractivity contribution < 1.29 is 64.6 Å². The van der Waals surface area contributed by atoms with Gasteiger partial charge in [-0.3, -0.25) is 4.79 Å². The van der Waals surface area contributed by atoms with Crippen molar-refractivity contribution in [3.05, 3.63) is 36.5 Å². The molecule has 0 aromatic heterocycles. The standard InChI is InChI=1S/C85H161NO13/c1-3-5-7-9-11-13-15-17-19-21-23-25-27-29-31-32-33-34-35-36-37-38-39-40-41-42-43-45-47-49-51-53-55-57-59-61-63-65-67-69-77(90)86-73(72-96-84-82(95)80(93)83(76(71-88)98-84)99-85-81(94)79(92)78(91)75(70-87)97-85)74(89)68-66-64-62-60-58-56-54-52-50-48-46-44-30-28-26-24-22-20-18-16-14-12-10-8-6-4-2/h15,17,21,23,27,29,73-76,78-85,87-89,91-95H,3-14,16,18-20,22,24-26,28,30-72H2,1-2H3,(H,86,90)/b17-15-,23-21-,29-27-. The molecule has 2 heterocycles. The van der Waals surface area contributed by atoms with Crippen molar-refractivity contribution in [3.8, 4) is 0 Å². The minimum atomic E-state index is -1.78. The molecular weight excluding hydrogens is 1240 g/mol. The molecule has 0 spiro atoms. The van der Waals surface area contributed by atoms with Gasteiger partial charge in [-0.15, -0.1) is 0 Å². The Bertz CT molecular complexity index is 1800. The van der Waals surface area contributed by atoms with E-state index in [1.165, 1.54) is 315 Å². The van der Waals surface area contributed by atoms with Crippen LogP contribution in [-0.2, 0) is 23.7 Å². The highest BCUT2D eigenvalue weighted by molar-refractivity contribution is 5.76. The molecule has 0 aromatic rings. The van der Waals surface area contributed by atoms with Crippen LogP contribution in [0, 0.1) is 0 Å². The molecular formula is C85H161NO13. The molecule has 2 fully saturated rings. The minimum absolute atomic E-state index is 0.197. The number of ether oxygens (including phenoxy) is 4. The average molecular weight is 1410 g/mol. The van der Waals surface area contributed by atoms with Crippen molar-refractivity contribution in [2.75, 3.05) is 19.8 Å². The quantitative estimate of drug-likeness (QED) is 0.0204. The van der Waals surface area contributed by atoms with Crippen LogP contribution in [-0.4, -0.2) is 140 Å². The maximum absolute atomic E-state index is 13.4. The lowest BCUT2D eigenvalue weighted by atomic mass is 9.97. The minimum Gasteiger partial charge on any atom is -0.394 e. The van der Waals surface area contributed by atoms with Crippen molar-refractivity contribution in [2.45, 2.75) is 479 Å². The van der Waals surface area contributed by atoms with E-state index in [2.05, 4.69) is 55.6 Å². The zero-order valence-corrected chi connectivity index (χ0v) is 64.3. The van der Waals surface area contributed by atoms with Gasteiger partial charge in [0.2, 0.25) is 5.91 Å². The van der Waals surface area contributed by atoms with Gasteiger partial charge < -0.3 is 65.1 Å². The number of nitrogens with one attached hydrogen (secondary N) is 1. The SMILES string of the molecule is CCCCCCC/C=C\C/C=C\C/C=C\CCCCCCCCCCCCCCCCCCCCCCCCCCC(=O)NC(COC1OC(CO)C(OC2OC(CO)C(O)C(O)C2O)C(O)C1O)C(O)CCCCCCCCCCCCCCCCCCCCCCCCCCCC. The van der Waals surface area contributed by atoms with Gasteiger partial charge in [0.05, 0.1) is 32.0 Å². The summed E-state index contributed by atoms with van der Waals surface area (Å²) in [4.78, 5) is 13.4. The zero-order valence-electron chi connectivity index (χ0n) is 64.3. The average Bonchev–Trinajstić information content (AvgIpc) is 0.794. The van der Waals surface area contributed by atoms with E-state index in [1.807, 2.05) is 0 Å². The Labute approximate surface area is 608 Å². The summed E-state index contributed by atoms with van der Waals surface area (Å²) in [6.45, 7) is 2.92. The van der Waals surface area contributed by atoms with Crippen LogP contribution in [0.3, 0.4) is 0 Å². The first kappa shape index (κ1) is 93.3. The summed E-state index contributed by atoms with van der Waals surface area (Å²) in [5, 5.41) is 87.9. The van der Waals surface area contributed by atoms with E-state index in [1.54, 1.807) is 0 Å². The number of carbonyl (C=O) groups excluding carboxylic acids is 1. The van der Waals surface area contributed by atoms with Crippen molar-refractivity contribution in [2.24, 2.45) is 0 Å². The van der Waals surface area contributed by atoms with E-state index in [9.17, 15) is 45.6 Å². The maximum Gasteiger partial charge on any atom is 0.220 e. The van der Waals surface area contributed by atoms with Gasteiger partial charge in [-0.05, 0) is 51.4 Å². The molecule has 0 saturated carbocycles. The lowest BCUT2D eigenvalue weighted by molar-refractivity contribution is -0.359. The zero-order chi connectivity index (χ0) is 71.5. The Morgan fingerprint density at radius 2 is 0.667 bits per heavy atom. The summed E-state index contributed by atoms with van der Waals surface area (Å²) in [6.07, 6.45) is 74.9. The fourth-order valence-electron chi connectivity index (χ4n) is 14.4. The fourth-order valence-corrected chi connectivity index (χ4v) is 14.4. The van der Waals surface area contributed by atoms with E-state index in [0.29, 0.717) is 12.8 Å². The molecule has 1 amide bonds.